The largest absolute Gasteiger partial charge is 0.362 e. The molecule has 0 aromatic rings. The Morgan fingerprint density at radius 1 is 1.11 bits per heavy atom. The highest BCUT2D eigenvalue weighted by Gasteiger charge is 2.09. The van der Waals surface area contributed by atoms with Gasteiger partial charge in [-0.3, -0.25) is 9.68 Å². The number of ether oxygens (including phenoxy) is 1. The second-order valence-corrected chi connectivity index (χ2v) is 1.49. The van der Waals surface area contributed by atoms with Gasteiger partial charge in [0.25, 0.3) is 0 Å². The van der Waals surface area contributed by atoms with Crippen LogP contribution in [0.2, 0.25) is 0 Å². The molecular formula is C5H13NO3. The number of nitrogens with zero attached hydrogens (tertiary/aromatic N) is 1. The van der Waals surface area contributed by atoms with Gasteiger partial charge >= 0.3 is 0 Å². The molecule has 0 aromatic carbocycles. The fourth-order valence-electron chi connectivity index (χ4n) is 0.457. The van der Waals surface area contributed by atoms with Gasteiger partial charge in [0.15, 0.2) is 6.23 Å². The Bertz CT molecular complexity index is 65.2. The molecule has 0 fully saturated rings. The Hall–Kier alpha value is -0.160. The Kier molecular flexibility index (Phi) is 4.61. The van der Waals surface area contributed by atoms with Crippen molar-refractivity contribution >= 4 is 0 Å². The van der Waals surface area contributed by atoms with E-state index in [9.17, 15) is 0 Å². The first-order valence-electron chi connectivity index (χ1n) is 2.66. The zero-order valence-corrected chi connectivity index (χ0v) is 6.25. The van der Waals surface area contributed by atoms with Crippen LogP contribution in [-0.4, -0.2) is 32.8 Å². The zero-order chi connectivity index (χ0) is 7.28. The predicted molar refractivity (Wildman–Crippen MR) is 32.3 cm³/mol. The van der Waals surface area contributed by atoms with Gasteiger partial charge in [0, 0.05) is 7.11 Å². The van der Waals surface area contributed by atoms with E-state index in [0.717, 1.165) is 0 Å². The molecule has 0 rings (SSSR count). The molecule has 4 heteroatoms. The van der Waals surface area contributed by atoms with E-state index in [1.165, 1.54) is 19.4 Å². The zero-order valence-electron chi connectivity index (χ0n) is 6.25. The molecule has 1 atom stereocenters. The smallest absolute Gasteiger partial charge is 0.157 e. The minimum Gasteiger partial charge on any atom is -0.362 e. The molecule has 1 unspecified atom stereocenters. The van der Waals surface area contributed by atoms with Crippen molar-refractivity contribution in [3.63, 3.8) is 0 Å². The Labute approximate surface area is 55.2 Å². The van der Waals surface area contributed by atoms with Crippen LogP contribution in [-0.2, 0) is 14.4 Å². The van der Waals surface area contributed by atoms with Gasteiger partial charge < -0.3 is 4.74 Å². The average molecular weight is 135 g/mol. The first kappa shape index (κ1) is 8.84. The van der Waals surface area contributed by atoms with Crippen LogP contribution < -0.4 is 0 Å². The summed E-state index contributed by atoms with van der Waals surface area (Å²) in [5.41, 5.74) is 0. The monoisotopic (exact) mass is 135 g/mol. The third-order valence-electron chi connectivity index (χ3n) is 0.998. The summed E-state index contributed by atoms with van der Waals surface area (Å²) in [5.74, 6) is 0. The summed E-state index contributed by atoms with van der Waals surface area (Å²) in [6, 6.07) is 0. The molecular weight excluding hydrogens is 122 g/mol. The lowest BCUT2D eigenvalue weighted by atomic mass is 10.7. The Morgan fingerprint density at radius 3 is 1.67 bits per heavy atom. The highest BCUT2D eigenvalue weighted by atomic mass is 17.0. The van der Waals surface area contributed by atoms with Gasteiger partial charge in [0.1, 0.15) is 0 Å². The van der Waals surface area contributed by atoms with Crippen LogP contribution in [0.4, 0.5) is 0 Å². The van der Waals surface area contributed by atoms with Crippen LogP contribution in [0.3, 0.4) is 0 Å². The van der Waals surface area contributed by atoms with Crippen molar-refractivity contribution < 1.29 is 14.4 Å². The van der Waals surface area contributed by atoms with Crippen molar-refractivity contribution in [2.45, 2.75) is 13.2 Å². The van der Waals surface area contributed by atoms with Crippen molar-refractivity contribution in [2.24, 2.45) is 0 Å². The lowest BCUT2D eigenvalue weighted by molar-refractivity contribution is -0.396. The summed E-state index contributed by atoms with van der Waals surface area (Å²) in [6.07, 6.45) is -0.181. The van der Waals surface area contributed by atoms with Crippen LogP contribution in [0.15, 0.2) is 0 Å². The number of hydrogen-bond donors (Lipinski definition) is 0. The molecule has 0 spiro atoms. The van der Waals surface area contributed by atoms with E-state index in [-0.39, 0.29) is 6.23 Å². The topological polar surface area (TPSA) is 30.9 Å². The van der Waals surface area contributed by atoms with E-state index in [1.807, 2.05) is 6.92 Å². The third-order valence-corrected chi connectivity index (χ3v) is 0.998. The maximum Gasteiger partial charge on any atom is 0.157 e. The molecule has 0 aliphatic rings. The number of hydrogen-bond acceptors (Lipinski definition) is 4. The van der Waals surface area contributed by atoms with E-state index in [2.05, 4.69) is 0 Å². The minimum absolute atomic E-state index is 0.181. The first-order chi connectivity index (χ1) is 4.26. The molecule has 9 heavy (non-hydrogen) atoms. The fraction of sp³-hybridized carbons (Fsp3) is 1.00. The summed E-state index contributed by atoms with van der Waals surface area (Å²) in [4.78, 5) is 9.48. The van der Waals surface area contributed by atoms with E-state index in [1.54, 1.807) is 7.11 Å². The molecule has 0 aromatic heterocycles. The van der Waals surface area contributed by atoms with Crippen LogP contribution in [0.25, 0.3) is 0 Å². The summed E-state index contributed by atoms with van der Waals surface area (Å²) in [5, 5.41) is 1.25. The van der Waals surface area contributed by atoms with Gasteiger partial charge in [-0.15, -0.1) is 0 Å². The van der Waals surface area contributed by atoms with Crippen molar-refractivity contribution in [3.05, 3.63) is 0 Å². The molecule has 0 N–H and O–H groups in total. The van der Waals surface area contributed by atoms with Gasteiger partial charge in [0.05, 0.1) is 14.2 Å². The van der Waals surface area contributed by atoms with Gasteiger partial charge in [0.2, 0.25) is 0 Å². The van der Waals surface area contributed by atoms with Gasteiger partial charge in [-0.2, -0.15) is 0 Å². The van der Waals surface area contributed by atoms with Gasteiger partial charge in [-0.05, 0) is 12.2 Å². The quantitative estimate of drug-likeness (QED) is 0.412. The molecule has 56 valence electrons. The standard InChI is InChI=1S/C5H13NO3/c1-5(7-2)6(8-3)9-4/h5H,1-4H3. The molecule has 0 saturated carbocycles. The van der Waals surface area contributed by atoms with Crippen LogP contribution in [0, 0.1) is 0 Å². The lowest BCUT2D eigenvalue weighted by Crippen LogP contribution is -2.32. The normalized spacial score (nSPS) is 14.3. The maximum atomic E-state index is 4.87. The van der Waals surface area contributed by atoms with Crippen LogP contribution in [0.1, 0.15) is 6.92 Å². The highest BCUT2D eigenvalue weighted by molar-refractivity contribution is 4.29. The molecule has 0 bridgehead atoms. The van der Waals surface area contributed by atoms with E-state index in [4.69, 9.17) is 14.4 Å². The summed E-state index contributed by atoms with van der Waals surface area (Å²) in [7, 11) is 4.60. The van der Waals surface area contributed by atoms with Gasteiger partial charge in [-0.1, -0.05) is 0 Å². The Balaban J connectivity index is 3.50. The lowest BCUT2D eigenvalue weighted by Gasteiger charge is -2.21. The molecule has 0 heterocycles. The Morgan fingerprint density at radius 2 is 1.56 bits per heavy atom. The SMILES string of the molecule is COC(C)N(OC)OC. The first-order valence-corrected chi connectivity index (χ1v) is 2.66. The second kappa shape index (κ2) is 4.69. The van der Waals surface area contributed by atoms with Crippen LogP contribution in [0.5, 0.6) is 0 Å². The summed E-state index contributed by atoms with van der Waals surface area (Å²) in [6.45, 7) is 1.81. The van der Waals surface area contributed by atoms with E-state index in [0.29, 0.717) is 0 Å². The van der Waals surface area contributed by atoms with E-state index < -0.39 is 0 Å². The van der Waals surface area contributed by atoms with Gasteiger partial charge in [-0.25, -0.2) is 0 Å². The third kappa shape index (κ3) is 2.76. The average Bonchev–Trinajstić information content (AvgIpc) is 1.90. The number of methoxy groups -OCH3 is 1. The van der Waals surface area contributed by atoms with Crippen molar-refractivity contribution in [1.82, 2.24) is 5.23 Å². The fourth-order valence-corrected chi connectivity index (χ4v) is 0.457. The van der Waals surface area contributed by atoms with E-state index >= 15 is 0 Å². The molecule has 0 saturated heterocycles. The minimum atomic E-state index is -0.181. The predicted octanol–water partition coefficient (Wildman–Crippen LogP) is 0.404. The molecule has 0 aliphatic heterocycles. The number of hydroxylamine groups is 2. The molecule has 4 nitrogen and oxygen atoms in total. The molecule has 0 radical (unpaired) electrons. The highest BCUT2D eigenvalue weighted by Crippen LogP contribution is 1.97. The maximum absolute atomic E-state index is 4.87. The molecule has 0 aliphatic carbocycles. The van der Waals surface area contributed by atoms with Crippen LogP contribution >= 0.6 is 0 Å². The van der Waals surface area contributed by atoms with Crippen molar-refractivity contribution in [3.8, 4) is 0 Å². The summed E-state index contributed by atoms with van der Waals surface area (Å²) < 4.78 is 4.87. The van der Waals surface area contributed by atoms with Crippen molar-refractivity contribution in [1.29, 1.82) is 0 Å². The van der Waals surface area contributed by atoms with Crippen molar-refractivity contribution in [2.75, 3.05) is 21.3 Å². The second-order valence-electron chi connectivity index (χ2n) is 1.49. The summed E-state index contributed by atoms with van der Waals surface area (Å²) >= 11 is 0. The number of rotatable bonds is 4. The molecule has 0 amide bonds.